The van der Waals surface area contributed by atoms with E-state index in [4.69, 9.17) is 21.5 Å². The number of imide groups is 1. The van der Waals surface area contributed by atoms with Crippen molar-refractivity contribution in [2.45, 2.75) is 11.8 Å². The molecule has 0 fully saturated rings. The standard InChI is InChI=1S/C25H21ClN4O6S/c1-2-36-19-11-9-18(10-12-19)30-24(32)21(26)22(25(30)33)28-16-5-3-15(4-6-16)23(31)29-17-7-13-20(14-8-17)37(27,34)35/h3-14,28H,2H2,1H3,(H,29,31)(H2,27,34,35). The second kappa shape index (κ2) is 10.4. The van der Waals surface area contributed by atoms with Gasteiger partial charge in [-0.25, -0.2) is 18.5 Å². The van der Waals surface area contributed by atoms with E-state index in [-0.39, 0.29) is 15.6 Å². The van der Waals surface area contributed by atoms with Crippen LogP contribution < -0.4 is 25.4 Å². The third-order valence-corrected chi connectivity index (χ3v) is 6.57. The number of hydrogen-bond donors (Lipinski definition) is 3. The zero-order valence-corrected chi connectivity index (χ0v) is 21.0. The molecular weight excluding hydrogens is 520 g/mol. The summed E-state index contributed by atoms with van der Waals surface area (Å²) in [7, 11) is -3.84. The number of carbonyl (C=O) groups is 3. The van der Waals surface area contributed by atoms with Crippen LogP contribution in [-0.2, 0) is 19.6 Å². The van der Waals surface area contributed by atoms with Gasteiger partial charge in [0.05, 0.1) is 17.2 Å². The van der Waals surface area contributed by atoms with E-state index in [1.807, 2.05) is 6.92 Å². The summed E-state index contributed by atoms with van der Waals surface area (Å²) in [5.74, 6) is -1.12. The fourth-order valence-electron chi connectivity index (χ4n) is 3.48. The second-order valence-corrected chi connectivity index (χ2v) is 9.73. The molecule has 0 unspecified atom stereocenters. The molecule has 1 aliphatic rings. The summed E-state index contributed by atoms with van der Waals surface area (Å²) in [4.78, 5) is 39.1. The molecule has 1 aliphatic heterocycles. The summed E-state index contributed by atoms with van der Waals surface area (Å²) >= 11 is 6.18. The fraction of sp³-hybridized carbons (Fsp3) is 0.0800. The Bertz CT molecular complexity index is 1500. The Morgan fingerprint density at radius 3 is 2.08 bits per heavy atom. The van der Waals surface area contributed by atoms with Crippen molar-refractivity contribution in [2.75, 3.05) is 22.1 Å². The van der Waals surface area contributed by atoms with Gasteiger partial charge in [-0.3, -0.25) is 14.4 Å². The van der Waals surface area contributed by atoms with Crippen molar-refractivity contribution in [2.24, 2.45) is 5.14 Å². The molecule has 0 bridgehead atoms. The van der Waals surface area contributed by atoms with Crippen molar-refractivity contribution >= 4 is 56.4 Å². The lowest BCUT2D eigenvalue weighted by Crippen LogP contribution is -2.32. The monoisotopic (exact) mass is 540 g/mol. The van der Waals surface area contributed by atoms with E-state index < -0.39 is 27.7 Å². The summed E-state index contributed by atoms with van der Waals surface area (Å²) in [6.07, 6.45) is 0. The lowest BCUT2D eigenvalue weighted by Gasteiger charge is -2.15. The van der Waals surface area contributed by atoms with Gasteiger partial charge in [-0.05, 0) is 79.7 Å². The van der Waals surface area contributed by atoms with Crippen molar-refractivity contribution < 1.29 is 27.5 Å². The number of benzene rings is 3. The molecule has 0 aliphatic carbocycles. The van der Waals surface area contributed by atoms with Gasteiger partial charge in [-0.15, -0.1) is 0 Å². The number of primary sulfonamides is 1. The smallest absolute Gasteiger partial charge is 0.283 e. The summed E-state index contributed by atoms with van der Waals surface area (Å²) < 4.78 is 28.1. The van der Waals surface area contributed by atoms with Gasteiger partial charge in [0.15, 0.2) is 0 Å². The van der Waals surface area contributed by atoms with Crippen molar-refractivity contribution in [1.82, 2.24) is 0 Å². The minimum absolute atomic E-state index is 0.0741. The first kappa shape index (κ1) is 25.9. The van der Waals surface area contributed by atoms with Crippen LogP contribution in [0, 0.1) is 0 Å². The molecule has 10 nitrogen and oxygen atoms in total. The number of amides is 3. The Balaban J connectivity index is 1.43. The maximum Gasteiger partial charge on any atom is 0.283 e. The SMILES string of the molecule is CCOc1ccc(N2C(=O)C(Cl)=C(Nc3ccc(C(=O)Nc4ccc(S(N)(=O)=O)cc4)cc3)C2=O)cc1. The van der Waals surface area contributed by atoms with Crippen molar-refractivity contribution in [3.8, 4) is 5.75 Å². The van der Waals surface area contributed by atoms with Crippen molar-refractivity contribution in [3.63, 3.8) is 0 Å². The Morgan fingerprint density at radius 2 is 1.51 bits per heavy atom. The molecule has 0 aromatic heterocycles. The summed E-state index contributed by atoms with van der Waals surface area (Å²) in [6, 6.07) is 18.0. The highest BCUT2D eigenvalue weighted by atomic mass is 35.5. The third kappa shape index (κ3) is 5.64. The van der Waals surface area contributed by atoms with E-state index in [1.165, 1.54) is 36.4 Å². The highest BCUT2D eigenvalue weighted by molar-refractivity contribution is 7.89. The molecule has 0 saturated carbocycles. The highest BCUT2D eigenvalue weighted by Crippen LogP contribution is 2.31. The number of hydrogen-bond acceptors (Lipinski definition) is 7. The van der Waals surface area contributed by atoms with Gasteiger partial charge in [0.2, 0.25) is 10.0 Å². The van der Waals surface area contributed by atoms with Gasteiger partial charge in [-0.2, -0.15) is 0 Å². The van der Waals surface area contributed by atoms with Crippen LogP contribution in [0.3, 0.4) is 0 Å². The maximum atomic E-state index is 13.0. The average molecular weight is 541 g/mol. The van der Waals surface area contributed by atoms with Gasteiger partial charge < -0.3 is 15.4 Å². The average Bonchev–Trinajstić information content (AvgIpc) is 3.08. The second-order valence-electron chi connectivity index (χ2n) is 7.79. The first-order valence-electron chi connectivity index (χ1n) is 10.9. The van der Waals surface area contributed by atoms with Crippen LogP contribution in [0.1, 0.15) is 17.3 Å². The van der Waals surface area contributed by atoms with E-state index in [0.717, 1.165) is 4.90 Å². The summed E-state index contributed by atoms with van der Waals surface area (Å²) in [5.41, 5.74) is 1.36. The number of rotatable bonds is 8. The van der Waals surface area contributed by atoms with E-state index >= 15 is 0 Å². The molecule has 12 heteroatoms. The van der Waals surface area contributed by atoms with Crippen LogP contribution in [-0.4, -0.2) is 32.7 Å². The normalized spacial score (nSPS) is 13.6. The van der Waals surface area contributed by atoms with Crippen LogP contribution >= 0.6 is 11.6 Å². The van der Waals surface area contributed by atoms with Crippen LogP contribution in [0.2, 0.25) is 0 Å². The Morgan fingerprint density at radius 1 is 0.919 bits per heavy atom. The lowest BCUT2D eigenvalue weighted by molar-refractivity contribution is -0.120. The Labute approximate surface area is 217 Å². The first-order chi connectivity index (χ1) is 17.6. The number of nitrogens with one attached hydrogen (secondary N) is 2. The number of sulfonamides is 1. The molecule has 0 spiro atoms. The van der Waals surface area contributed by atoms with E-state index in [2.05, 4.69) is 10.6 Å². The molecule has 1 heterocycles. The van der Waals surface area contributed by atoms with E-state index in [1.54, 1.807) is 36.4 Å². The Kier molecular flexibility index (Phi) is 7.30. The fourth-order valence-corrected chi connectivity index (χ4v) is 4.21. The molecule has 190 valence electrons. The minimum Gasteiger partial charge on any atom is -0.494 e. The van der Waals surface area contributed by atoms with Crippen LogP contribution in [0.25, 0.3) is 0 Å². The molecule has 0 saturated heterocycles. The molecular formula is C25H21ClN4O6S. The minimum atomic E-state index is -3.84. The zero-order chi connectivity index (χ0) is 26.7. The van der Waals surface area contributed by atoms with Crippen LogP contribution in [0.4, 0.5) is 17.1 Å². The van der Waals surface area contributed by atoms with Crippen LogP contribution in [0.15, 0.2) is 88.4 Å². The maximum absolute atomic E-state index is 13.0. The quantitative estimate of drug-likeness (QED) is 0.371. The summed E-state index contributed by atoms with van der Waals surface area (Å²) in [5, 5.41) is 10.3. The van der Waals surface area contributed by atoms with Gasteiger partial charge in [0.25, 0.3) is 17.7 Å². The zero-order valence-electron chi connectivity index (χ0n) is 19.4. The summed E-state index contributed by atoms with van der Waals surface area (Å²) in [6.45, 7) is 2.33. The van der Waals surface area contributed by atoms with Gasteiger partial charge in [0, 0.05) is 16.9 Å². The number of anilines is 3. The number of ether oxygens (including phenoxy) is 1. The molecule has 4 N–H and O–H groups in total. The van der Waals surface area contributed by atoms with E-state index in [0.29, 0.717) is 35.0 Å². The lowest BCUT2D eigenvalue weighted by atomic mass is 10.2. The van der Waals surface area contributed by atoms with Crippen molar-refractivity contribution in [3.05, 3.63) is 89.1 Å². The molecule has 37 heavy (non-hydrogen) atoms. The topological polar surface area (TPSA) is 148 Å². The molecule has 3 aromatic carbocycles. The highest BCUT2D eigenvalue weighted by Gasteiger charge is 2.39. The predicted molar refractivity (Wildman–Crippen MR) is 139 cm³/mol. The first-order valence-corrected chi connectivity index (χ1v) is 12.8. The third-order valence-electron chi connectivity index (χ3n) is 5.29. The van der Waals surface area contributed by atoms with Gasteiger partial charge in [0.1, 0.15) is 16.5 Å². The number of nitrogens with two attached hydrogens (primary N) is 1. The molecule has 4 rings (SSSR count). The van der Waals surface area contributed by atoms with Gasteiger partial charge in [-0.1, -0.05) is 11.6 Å². The largest absolute Gasteiger partial charge is 0.494 e. The molecule has 0 radical (unpaired) electrons. The van der Waals surface area contributed by atoms with Gasteiger partial charge >= 0.3 is 0 Å². The number of halogens is 1. The molecule has 0 atom stereocenters. The Hall–Kier alpha value is -4.19. The molecule has 3 amide bonds. The number of nitrogens with zero attached hydrogens (tertiary/aromatic N) is 1. The van der Waals surface area contributed by atoms with E-state index in [9.17, 15) is 22.8 Å². The predicted octanol–water partition coefficient (Wildman–Crippen LogP) is 3.42. The number of carbonyl (C=O) groups excluding carboxylic acids is 3. The molecule has 3 aromatic rings. The van der Waals surface area contributed by atoms with Crippen LogP contribution in [0.5, 0.6) is 5.75 Å². The van der Waals surface area contributed by atoms with Crippen molar-refractivity contribution in [1.29, 1.82) is 0 Å².